The molecule has 0 atom stereocenters. The summed E-state index contributed by atoms with van der Waals surface area (Å²) in [5.41, 5.74) is 0.772. The zero-order valence-electron chi connectivity index (χ0n) is 9.00. The van der Waals surface area contributed by atoms with Gasteiger partial charge in [0.15, 0.2) is 0 Å². The lowest BCUT2D eigenvalue weighted by Crippen LogP contribution is -2.08. The van der Waals surface area contributed by atoms with Crippen LogP contribution in [0.4, 0.5) is 5.82 Å². The van der Waals surface area contributed by atoms with Gasteiger partial charge in [0.05, 0.1) is 5.56 Å². The highest BCUT2D eigenvalue weighted by molar-refractivity contribution is 6.30. The molecule has 0 radical (unpaired) electrons. The Bertz CT molecular complexity index is 598. The fraction of sp³-hybridized carbons (Fsp3) is 0.0909. The number of H-pyrrole nitrogens is 2. The molecule has 0 saturated heterocycles. The topological polar surface area (TPSA) is 77.8 Å². The molecule has 1 amide bonds. The molecule has 2 rings (SSSR count). The summed E-state index contributed by atoms with van der Waals surface area (Å²) in [6, 6.07) is 6.79. The van der Waals surface area contributed by atoms with Crippen LogP contribution in [0.15, 0.2) is 29.1 Å². The lowest BCUT2D eigenvalue weighted by atomic mass is 10.1. The van der Waals surface area contributed by atoms with Crippen LogP contribution in [0.5, 0.6) is 0 Å². The summed E-state index contributed by atoms with van der Waals surface area (Å²) in [6.45, 7) is 1.37. The van der Waals surface area contributed by atoms with Gasteiger partial charge in [0.25, 0.3) is 5.56 Å². The zero-order chi connectivity index (χ0) is 12.4. The Morgan fingerprint density at radius 1 is 1.24 bits per heavy atom. The first-order valence-electron chi connectivity index (χ1n) is 4.92. The first-order valence-corrected chi connectivity index (χ1v) is 5.30. The van der Waals surface area contributed by atoms with Gasteiger partial charge < -0.3 is 5.32 Å². The van der Waals surface area contributed by atoms with Gasteiger partial charge in [-0.1, -0.05) is 23.7 Å². The second-order valence-corrected chi connectivity index (χ2v) is 3.95. The Labute approximate surface area is 102 Å². The maximum Gasteiger partial charge on any atom is 0.274 e. The van der Waals surface area contributed by atoms with Crippen LogP contribution >= 0.6 is 11.6 Å². The summed E-state index contributed by atoms with van der Waals surface area (Å²) >= 11 is 5.77. The fourth-order valence-electron chi connectivity index (χ4n) is 1.52. The Morgan fingerprint density at radius 2 is 1.88 bits per heavy atom. The molecule has 2 aromatic rings. The van der Waals surface area contributed by atoms with Crippen LogP contribution in [0.2, 0.25) is 5.02 Å². The van der Waals surface area contributed by atoms with Crippen molar-refractivity contribution in [2.45, 2.75) is 6.92 Å². The Kier molecular flexibility index (Phi) is 3.01. The maximum absolute atomic E-state index is 11.6. The molecule has 17 heavy (non-hydrogen) atoms. The van der Waals surface area contributed by atoms with Crippen molar-refractivity contribution in [3.63, 3.8) is 0 Å². The van der Waals surface area contributed by atoms with E-state index < -0.39 is 0 Å². The van der Waals surface area contributed by atoms with E-state index in [1.165, 1.54) is 6.92 Å². The van der Waals surface area contributed by atoms with Gasteiger partial charge in [-0.15, -0.1) is 0 Å². The molecule has 0 aliphatic rings. The average Bonchev–Trinajstić information content (AvgIpc) is 2.61. The second-order valence-electron chi connectivity index (χ2n) is 3.52. The first kappa shape index (κ1) is 11.5. The summed E-state index contributed by atoms with van der Waals surface area (Å²) < 4.78 is 0. The van der Waals surface area contributed by atoms with E-state index in [4.69, 9.17) is 11.6 Å². The van der Waals surface area contributed by atoms with Gasteiger partial charge in [0.2, 0.25) is 5.91 Å². The summed E-state index contributed by atoms with van der Waals surface area (Å²) in [4.78, 5) is 22.6. The average molecular weight is 252 g/mol. The molecule has 0 bridgehead atoms. The number of hydrogen-bond donors (Lipinski definition) is 3. The van der Waals surface area contributed by atoms with Crippen LogP contribution in [0.25, 0.3) is 11.1 Å². The Hall–Kier alpha value is -2.01. The van der Waals surface area contributed by atoms with E-state index in [1.54, 1.807) is 24.3 Å². The molecule has 0 aliphatic heterocycles. The monoisotopic (exact) mass is 251 g/mol. The number of amides is 1. The van der Waals surface area contributed by atoms with Crippen molar-refractivity contribution in [2.75, 3.05) is 5.32 Å². The molecule has 5 nitrogen and oxygen atoms in total. The molecule has 1 heterocycles. The molecular weight excluding hydrogens is 242 g/mol. The van der Waals surface area contributed by atoms with E-state index in [9.17, 15) is 9.59 Å². The van der Waals surface area contributed by atoms with Gasteiger partial charge in [-0.2, -0.15) is 0 Å². The van der Waals surface area contributed by atoms with Gasteiger partial charge in [-0.05, 0) is 17.7 Å². The fourth-order valence-corrected chi connectivity index (χ4v) is 1.65. The highest BCUT2D eigenvalue weighted by Crippen LogP contribution is 2.23. The second kappa shape index (κ2) is 4.47. The molecule has 3 N–H and O–H groups in total. The van der Waals surface area contributed by atoms with Crippen molar-refractivity contribution in [1.29, 1.82) is 0 Å². The summed E-state index contributed by atoms with van der Waals surface area (Å²) in [7, 11) is 0. The lowest BCUT2D eigenvalue weighted by molar-refractivity contribution is -0.114. The number of aromatic amines is 2. The lowest BCUT2D eigenvalue weighted by Gasteiger charge is -2.02. The molecular formula is C11H10ClN3O2. The molecule has 0 unspecified atom stereocenters. The molecule has 0 spiro atoms. The van der Waals surface area contributed by atoms with Crippen LogP contribution in [0.3, 0.4) is 0 Å². The number of rotatable bonds is 2. The maximum atomic E-state index is 11.6. The third kappa shape index (κ3) is 2.39. The van der Waals surface area contributed by atoms with E-state index in [0.717, 1.165) is 0 Å². The molecule has 0 fully saturated rings. The number of aromatic nitrogens is 2. The number of carbonyl (C=O) groups excluding carboxylic acids is 1. The molecule has 0 saturated carbocycles. The Balaban J connectivity index is 2.50. The number of carbonyl (C=O) groups is 1. The Morgan fingerprint density at radius 3 is 2.47 bits per heavy atom. The van der Waals surface area contributed by atoms with E-state index in [-0.39, 0.29) is 11.5 Å². The van der Waals surface area contributed by atoms with Gasteiger partial charge in [0.1, 0.15) is 5.82 Å². The zero-order valence-corrected chi connectivity index (χ0v) is 9.76. The SMILES string of the molecule is CC(=O)Nc1[nH][nH]c(=O)c1-c1ccc(Cl)cc1. The minimum absolute atomic E-state index is 0.254. The predicted octanol–water partition coefficient (Wildman–Crippen LogP) is 1.98. The van der Waals surface area contributed by atoms with Crippen LogP contribution < -0.4 is 10.9 Å². The van der Waals surface area contributed by atoms with Gasteiger partial charge in [-0.25, -0.2) is 0 Å². The van der Waals surface area contributed by atoms with Crippen LogP contribution in [-0.2, 0) is 4.79 Å². The van der Waals surface area contributed by atoms with Crippen molar-refractivity contribution in [3.05, 3.63) is 39.6 Å². The quantitative estimate of drug-likeness (QED) is 0.763. The molecule has 1 aromatic carbocycles. The minimum Gasteiger partial charge on any atom is -0.311 e. The van der Waals surface area contributed by atoms with Gasteiger partial charge in [0, 0.05) is 11.9 Å². The highest BCUT2D eigenvalue weighted by atomic mass is 35.5. The van der Waals surface area contributed by atoms with Crippen molar-refractivity contribution >= 4 is 23.3 Å². The minimum atomic E-state index is -0.295. The highest BCUT2D eigenvalue weighted by Gasteiger charge is 2.12. The van der Waals surface area contributed by atoms with E-state index >= 15 is 0 Å². The van der Waals surface area contributed by atoms with Crippen molar-refractivity contribution in [2.24, 2.45) is 0 Å². The van der Waals surface area contributed by atoms with E-state index in [2.05, 4.69) is 15.5 Å². The van der Waals surface area contributed by atoms with Crippen molar-refractivity contribution < 1.29 is 4.79 Å². The van der Waals surface area contributed by atoms with Crippen LogP contribution in [-0.4, -0.2) is 16.1 Å². The van der Waals surface area contributed by atoms with Gasteiger partial charge >= 0.3 is 0 Å². The summed E-state index contributed by atoms with van der Waals surface area (Å²) in [6.07, 6.45) is 0. The number of benzene rings is 1. The number of anilines is 1. The number of hydrogen-bond acceptors (Lipinski definition) is 2. The van der Waals surface area contributed by atoms with Crippen molar-refractivity contribution in [1.82, 2.24) is 10.2 Å². The third-order valence-electron chi connectivity index (χ3n) is 2.21. The van der Waals surface area contributed by atoms with Gasteiger partial charge in [-0.3, -0.25) is 19.8 Å². The standard InChI is InChI=1S/C11H10ClN3O2/c1-6(16)13-10-9(11(17)15-14-10)7-2-4-8(12)5-3-7/h2-5H,1H3,(H3,13,14,15,16,17). The molecule has 88 valence electrons. The van der Waals surface area contributed by atoms with Crippen LogP contribution in [0.1, 0.15) is 6.92 Å². The molecule has 0 aliphatic carbocycles. The first-order chi connectivity index (χ1) is 8.08. The van der Waals surface area contributed by atoms with E-state index in [0.29, 0.717) is 22.0 Å². The smallest absolute Gasteiger partial charge is 0.274 e. The summed E-state index contributed by atoms with van der Waals surface area (Å²) in [5.74, 6) is 0.0975. The number of halogens is 1. The van der Waals surface area contributed by atoms with E-state index in [1.807, 2.05) is 0 Å². The third-order valence-corrected chi connectivity index (χ3v) is 2.46. The normalized spacial score (nSPS) is 10.2. The largest absolute Gasteiger partial charge is 0.311 e. The van der Waals surface area contributed by atoms with Crippen molar-refractivity contribution in [3.8, 4) is 11.1 Å². The predicted molar refractivity (Wildman–Crippen MR) is 66.2 cm³/mol. The summed E-state index contributed by atoms with van der Waals surface area (Å²) in [5, 5.41) is 8.18. The van der Waals surface area contributed by atoms with Crippen LogP contribution in [0, 0.1) is 0 Å². The number of nitrogens with one attached hydrogen (secondary N) is 3. The molecule has 6 heteroatoms. The molecule has 1 aromatic heterocycles.